The highest BCUT2D eigenvalue weighted by atomic mass is 127. The third kappa shape index (κ3) is 4.38. The standard InChI is InChI=1S/C18H28N4.HI/c1-4-19-18(20-13-17(21(2)3)15-9-10-15)22-12-11-14-7-5-6-8-16(14)22;/h5-8,15,17H,4,9-13H2,1-3H3,(H,19,20);1H. The summed E-state index contributed by atoms with van der Waals surface area (Å²) < 4.78 is 0. The van der Waals surface area contributed by atoms with Crippen LogP contribution in [0.4, 0.5) is 5.69 Å². The van der Waals surface area contributed by atoms with Crippen LogP contribution in [0.25, 0.3) is 0 Å². The van der Waals surface area contributed by atoms with Gasteiger partial charge in [0.05, 0.1) is 6.54 Å². The molecule has 4 nitrogen and oxygen atoms in total. The van der Waals surface area contributed by atoms with E-state index in [0.29, 0.717) is 6.04 Å². The van der Waals surface area contributed by atoms with Gasteiger partial charge in [-0.3, -0.25) is 4.99 Å². The molecule has 1 fully saturated rings. The highest BCUT2D eigenvalue weighted by Gasteiger charge is 2.32. The van der Waals surface area contributed by atoms with Crippen molar-refractivity contribution in [2.24, 2.45) is 10.9 Å². The molecule has 0 spiro atoms. The summed E-state index contributed by atoms with van der Waals surface area (Å²) in [5.41, 5.74) is 2.74. The van der Waals surface area contributed by atoms with Gasteiger partial charge in [0.15, 0.2) is 5.96 Å². The number of likely N-dealkylation sites (N-methyl/N-ethyl adjacent to an activating group) is 1. The lowest BCUT2D eigenvalue weighted by Crippen LogP contribution is -2.42. The van der Waals surface area contributed by atoms with Crippen molar-refractivity contribution in [1.82, 2.24) is 10.2 Å². The fraction of sp³-hybridized carbons (Fsp3) is 0.611. The Bertz CT molecular complexity index is 538. The maximum atomic E-state index is 4.97. The Morgan fingerprint density at radius 3 is 2.74 bits per heavy atom. The van der Waals surface area contributed by atoms with Crippen molar-refractivity contribution in [1.29, 1.82) is 0 Å². The molecule has 0 amide bonds. The van der Waals surface area contributed by atoms with Crippen LogP contribution >= 0.6 is 24.0 Å². The van der Waals surface area contributed by atoms with Crippen molar-refractivity contribution >= 4 is 35.6 Å². The number of halogens is 1. The first-order valence-corrected chi connectivity index (χ1v) is 8.51. The van der Waals surface area contributed by atoms with Gasteiger partial charge in [-0.1, -0.05) is 18.2 Å². The van der Waals surface area contributed by atoms with Gasteiger partial charge in [-0.15, -0.1) is 24.0 Å². The number of benzene rings is 1. The Morgan fingerprint density at radius 2 is 2.09 bits per heavy atom. The molecule has 5 heteroatoms. The number of nitrogens with one attached hydrogen (secondary N) is 1. The highest BCUT2D eigenvalue weighted by Crippen LogP contribution is 2.35. The fourth-order valence-electron chi connectivity index (χ4n) is 3.35. The first-order valence-electron chi connectivity index (χ1n) is 8.51. The monoisotopic (exact) mass is 428 g/mol. The first-order chi connectivity index (χ1) is 10.7. The van der Waals surface area contributed by atoms with Crippen molar-refractivity contribution in [2.75, 3.05) is 38.6 Å². The zero-order chi connectivity index (χ0) is 15.5. The number of para-hydroxylation sites is 1. The van der Waals surface area contributed by atoms with Crippen LogP contribution in [0.5, 0.6) is 0 Å². The van der Waals surface area contributed by atoms with Gasteiger partial charge in [-0.2, -0.15) is 0 Å². The number of nitrogens with zero attached hydrogens (tertiary/aromatic N) is 3. The van der Waals surface area contributed by atoms with Crippen LogP contribution in [0, 0.1) is 5.92 Å². The molecule has 1 unspecified atom stereocenters. The number of anilines is 1. The normalized spacial score (nSPS) is 18.6. The van der Waals surface area contributed by atoms with Crippen LogP contribution in [0.1, 0.15) is 25.3 Å². The van der Waals surface area contributed by atoms with Gasteiger partial charge in [0, 0.05) is 24.8 Å². The molecule has 0 saturated heterocycles. The molecule has 2 aliphatic rings. The largest absolute Gasteiger partial charge is 0.356 e. The highest BCUT2D eigenvalue weighted by molar-refractivity contribution is 14.0. The SMILES string of the molecule is CCNC(=NCC(C1CC1)N(C)C)N1CCc2ccccc21.I. The smallest absolute Gasteiger partial charge is 0.198 e. The molecule has 1 heterocycles. The van der Waals surface area contributed by atoms with E-state index in [2.05, 4.69) is 60.4 Å². The van der Waals surface area contributed by atoms with Crippen LogP contribution in [-0.2, 0) is 6.42 Å². The van der Waals surface area contributed by atoms with Gasteiger partial charge in [-0.05, 0) is 57.8 Å². The van der Waals surface area contributed by atoms with Crippen LogP contribution in [0.15, 0.2) is 29.3 Å². The van der Waals surface area contributed by atoms with E-state index in [0.717, 1.165) is 37.9 Å². The summed E-state index contributed by atoms with van der Waals surface area (Å²) >= 11 is 0. The number of guanidine groups is 1. The molecule has 23 heavy (non-hydrogen) atoms. The Morgan fingerprint density at radius 1 is 1.35 bits per heavy atom. The molecule has 1 aromatic rings. The number of aliphatic imine (C=N–C) groups is 1. The van der Waals surface area contributed by atoms with E-state index in [4.69, 9.17) is 4.99 Å². The van der Waals surface area contributed by atoms with Crippen LogP contribution in [0.2, 0.25) is 0 Å². The Hall–Kier alpha value is -0.820. The quantitative estimate of drug-likeness (QED) is 0.445. The lowest BCUT2D eigenvalue weighted by Gasteiger charge is -2.26. The zero-order valence-corrected chi connectivity index (χ0v) is 16.8. The average Bonchev–Trinajstić information content (AvgIpc) is 3.25. The van der Waals surface area contributed by atoms with E-state index in [-0.39, 0.29) is 24.0 Å². The summed E-state index contributed by atoms with van der Waals surface area (Å²) in [6.07, 6.45) is 3.84. The van der Waals surface area contributed by atoms with E-state index in [1.165, 1.54) is 24.1 Å². The molecular weight excluding hydrogens is 399 g/mol. The number of hydrogen-bond acceptors (Lipinski definition) is 2. The van der Waals surface area contributed by atoms with E-state index >= 15 is 0 Å². The third-order valence-corrected chi connectivity index (χ3v) is 4.74. The third-order valence-electron chi connectivity index (χ3n) is 4.74. The summed E-state index contributed by atoms with van der Waals surface area (Å²) in [4.78, 5) is 9.65. The predicted molar refractivity (Wildman–Crippen MR) is 109 cm³/mol. The van der Waals surface area contributed by atoms with Crippen LogP contribution in [0.3, 0.4) is 0 Å². The number of hydrogen-bond donors (Lipinski definition) is 1. The second-order valence-electron chi connectivity index (χ2n) is 6.59. The second-order valence-corrected chi connectivity index (χ2v) is 6.59. The van der Waals surface area contributed by atoms with E-state index in [1.807, 2.05) is 0 Å². The van der Waals surface area contributed by atoms with Gasteiger partial charge in [0.2, 0.25) is 0 Å². The molecule has 0 aromatic heterocycles. The minimum absolute atomic E-state index is 0. The summed E-state index contributed by atoms with van der Waals surface area (Å²) in [5, 5.41) is 3.48. The lowest BCUT2D eigenvalue weighted by molar-refractivity contribution is 0.271. The summed E-state index contributed by atoms with van der Waals surface area (Å²) in [6.45, 7) is 4.97. The molecule has 1 N–H and O–H groups in total. The number of rotatable bonds is 5. The molecule has 128 valence electrons. The van der Waals surface area contributed by atoms with Gasteiger partial charge in [0.1, 0.15) is 0 Å². The van der Waals surface area contributed by atoms with Crippen molar-refractivity contribution < 1.29 is 0 Å². The van der Waals surface area contributed by atoms with Crippen LogP contribution in [-0.4, -0.2) is 50.6 Å². The van der Waals surface area contributed by atoms with Gasteiger partial charge >= 0.3 is 0 Å². The molecule has 1 aliphatic carbocycles. The Balaban J connectivity index is 0.00000192. The Kier molecular flexibility index (Phi) is 6.71. The van der Waals surface area contributed by atoms with E-state index in [1.54, 1.807) is 0 Å². The fourth-order valence-corrected chi connectivity index (χ4v) is 3.35. The van der Waals surface area contributed by atoms with E-state index < -0.39 is 0 Å². The maximum absolute atomic E-state index is 4.97. The molecule has 1 saturated carbocycles. The summed E-state index contributed by atoms with van der Waals surface area (Å²) in [5.74, 6) is 1.88. The Labute approximate surface area is 157 Å². The van der Waals surface area contributed by atoms with Crippen molar-refractivity contribution in [2.45, 2.75) is 32.2 Å². The molecule has 1 atom stereocenters. The minimum atomic E-state index is 0. The predicted octanol–water partition coefficient (Wildman–Crippen LogP) is 2.97. The summed E-state index contributed by atoms with van der Waals surface area (Å²) in [6, 6.07) is 9.26. The lowest BCUT2D eigenvalue weighted by atomic mass is 10.2. The molecule has 3 rings (SSSR count). The zero-order valence-electron chi connectivity index (χ0n) is 14.5. The molecular formula is C18H29IN4. The van der Waals surface area contributed by atoms with Crippen LogP contribution < -0.4 is 10.2 Å². The molecule has 0 radical (unpaired) electrons. The molecule has 0 bridgehead atoms. The van der Waals surface area contributed by atoms with Gasteiger partial charge in [-0.25, -0.2) is 0 Å². The topological polar surface area (TPSA) is 30.9 Å². The molecule has 1 aliphatic heterocycles. The van der Waals surface area contributed by atoms with Crippen molar-refractivity contribution in [3.63, 3.8) is 0 Å². The van der Waals surface area contributed by atoms with Gasteiger partial charge < -0.3 is 15.1 Å². The van der Waals surface area contributed by atoms with Crippen molar-refractivity contribution in [3.8, 4) is 0 Å². The average molecular weight is 428 g/mol. The van der Waals surface area contributed by atoms with Crippen molar-refractivity contribution in [3.05, 3.63) is 29.8 Å². The van der Waals surface area contributed by atoms with Gasteiger partial charge in [0.25, 0.3) is 0 Å². The second kappa shape index (κ2) is 8.33. The summed E-state index contributed by atoms with van der Waals surface area (Å²) in [7, 11) is 4.35. The number of fused-ring (bicyclic) bond motifs is 1. The maximum Gasteiger partial charge on any atom is 0.198 e. The first kappa shape index (κ1) is 18.5. The minimum Gasteiger partial charge on any atom is -0.356 e. The molecule has 1 aromatic carbocycles. The van der Waals surface area contributed by atoms with E-state index in [9.17, 15) is 0 Å².